The second-order valence-electron chi connectivity index (χ2n) is 3.58. The average molecular weight is 225 g/mol. The number of aromatic amines is 1. The summed E-state index contributed by atoms with van der Waals surface area (Å²) in [5.74, 6) is -1.05. The molecule has 86 valence electrons. The third-order valence-electron chi connectivity index (χ3n) is 2.50. The number of hydrogen-bond donors (Lipinski definition) is 3. The number of nitrogens with zero attached hydrogens (tertiary/aromatic N) is 1. The molecule has 1 aliphatic heterocycles. The topological polar surface area (TPSA) is 104 Å². The van der Waals surface area contributed by atoms with E-state index in [9.17, 15) is 9.59 Å². The van der Waals surface area contributed by atoms with Gasteiger partial charge in [-0.25, -0.2) is 9.78 Å². The fraction of sp³-hybridized carbons (Fsp3) is 0.444. The van der Waals surface area contributed by atoms with Gasteiger partial charge in [0.2, 0.25) is 0 Å². The van der Waals surface area contributed by atoms with Gasteiger partial charge in [0.25, 0.3) is 5.56 Å². The van der Waals surface area contributed by atoms with Crippen LogP contribution in [0, 0.1) is 0 Å². The van der Waals surface area contributed by atoms with Crippen molar-refractivity contribution in [3.8, 4) is 0 Å². The summed E-state index contributed by atoms with van der Waals surface area (Å²) >= 11 is 0. The van der Waals surface area contributed by atoms with Gasteiger partial charge in [0.05, 0.1) is 6.61 Å². The molecule has 0 saturated carbocycles. The minimum Gasteiger partial charge on any atom is -0.479 e. The maximum absolute atomic E-state index is 11.4. The van der Waals surface area contributed by atoms with Gasteiger partial charge in [0, 0.05) is 25.4 Å². The normalized spacial score (nSPS) is 24.2. The Bertz CT molecular complexity index is 450. The summed E-state index contributed by atoms with van der Waals surface area (Å²) in [6.45, 7) is 0.377. The van der Waals surface area contributed by atoms with Crippen LogP contribution in [0.4, 0.5) is 5.82 Å². The molecule has 1 unspecified atom stereocenters. The molecule has 1 atom stereocenters. The quantitative estimate of drug-likeness (QED) is 0.636. The first kappa shape index (κ1) is 10.6. The SMILES string of the molecule is O=C(O)C1(Nc2ncc[nH]c2=O)CCOC1. The van der Waals surface area contributed by atoms with E-state index in [1.807, 2.05) is 0 Å². The smallest absolute Gasteiger partial charge is 0.331 e. The molecule has 3 N–H and O–H groups in total. The van der Waals surface area contributed by atoms with Crippen LogP contribution in [-0.2, 0) is 9.53 Å². The van der Waals surface area contributed by atoms with Gasteiger partial charge in [-0.05, 0) is 0 Å². The van der Waals surface area contributed by atoms with E-state index in [1.165, 1.54) is 12.4 Å². The predicted octanol–water partition coefficient (Wildman–Crippen LogP) is -0.575. The molecule has 1 saturated heterocycles. The van der Waals surface area contributed by atoms with Crippen LogP contribution in [0.3, 0.4) is 0 Å². The molecule has 0 spiro atoms. The zero-order valence-electron chi connectivity index (χ0n) is 8.40. The van der Waals surface area contributed by atoms with Crippen molar-refractivity contribution in [2.45, 2.75) is 12.0 Å². The van der Waals surface area contributed by atoms with Crippen LogP contribution in [0.25, 0.3) is 0 Å². The first-order chi connectivity index (χ1) is 7.64. The highest BCUT2D eigenvalue weighted by Gasteiger charge is 2.43. The molecule has 2 heterocycles. The Morgan fingerprint density at radius 2 is 2.50 bits per heavy atom. The molecule has 16 heavy (non-hydrogen) atoms. The second-order valence-corrected chi connectivity index (χ2v) is 3.58. The lowest BCUT2D eigenvalue weighted by Gasteiger charge is -2.23. The molecule has 7 heteroatoms. The van der Waals surface area contributed by atoms with Gasteiger partial charge in [-0.1, -0.05) is 0 Å². The first-order valence-electron chi connectivity index (χ1n) is 4.77. The van der Waals surface area contributed by atoms with E-state index >= 15 is 0 Å². The maximum Gasteiger partial charge on any atom is 0.331 e. The third kappa shape index (κ3) is 1.76. The van der Waals surface area contributed by atoms with Crippen molar-refractivity contribution in [2.24, 2.45) is 0 Å². The minimum atomic E-state index is -1.25. The Morgan fingerprint density at radius 3 is 3.06 bits per heavy atom. The van der Waals surface area contributed by atoms with Crippen molar-refractivity contribution in [3.05, 3.63) is 22.7 Å². The molecule has 1 fully saturated rings. The highest BCUT2D eigenvalue weighted by Crippen LogP contribution is 2.22. The number of aromatic nitrogens is 2. The van der Waals surface area contributed by atoms with Crippen LogP contribution in [0.15, 0.2) is 17.2 Å². The first-order valence-corrected chi connectivity index (χ1v) is 4.77. The molecule has 0 amide bonds. The summed E-state index contributed by atoms with van der Waals surface area (Å²) < 4.78 is 5.05. The summed E-state index contributed by atoms with van der Waals surface area (Å²) in [5.41, 5.74) is -1.70. The van der Waals surface area contributed by atoms with Gasteiger partial charge in [-0.2, -0.15) is 0 Å². The van der Waals surface area contributed by atoms with E-state index < -0.39 is 17.1 Å². The number of carboxylic acids is 1. The Morgan fingerprint density at radius 1 is 1.69 bits per heavy atom. The molecule has 0 bridgehead atoms. The molecule has 1 aliphatic rings. The number of hydrogen-bond acceptors (Lipinski definition) is 5. The Kier molecular flexibility index (Phi) is 2.61. The molecule has 0 aromatic carbocycles. The van der Waals surface area contributed by atoms with Gasteiger partial charge in [0.1, 0.15) is 0 Å². The summed E-state index contributed by atoms with van der Waals surface area (Å²) in [7, 11) is 0. The number of anilines is 1. The summed E-state index contributed by atoms with van der Waals surface area (Å²) in [4.78, 5) is 28.7. The molecule has 0 radical (unpaired) electrons. The molecular weight excluding hydrogens is 214 g/mol. The van der Waals surface area contributed by atoms with Gasteiger partial charge in [0.15, 0.2) is 11.4 Å². The van der Waals surface area contributed by atoms with Gasteiger partial charge < -0.3 is 20.1 Å². The van der Waals surface area contributed by atoms with Crippen molar-refractivity contribution in [2.75, 3.05) is 18.5 Å². The number of aliphatic carboxylic acids is 1. The van der Waals surface area contributed by atoms with Crippen molar-refractivity contribution in [1.82, 2.24) is 9.97 Å². The van der Waals surface area contributed by atoms with Crippen molar-refractivity contribution >= 4 is 11.8 Å². The lowest BCUT2D eigenvalue weighted by atomic mass is 9.99. The summed E-state index contributed by atoms with van der Waals surface area (Å²) in [5, 5.41) is 11.8. The Hall–Kier alpha value is -1.89. The Balaban J connectivity index is 2.28. The number of carboxylic acid groups (broad SMARTS) is 1. The molecule has 7 nitrogen and oxygen atoms in total. The zero-order chi connectivity index (χ0) is 11.6. The van der Waals surface area contributed by atoms with E-state index in [1.54, 1.807) is 0 Å². The van der Waals surface area contributed by atoms with Crippen LogP contribution >= 0.6 is 0 Å². The second kappa shape index (κ2) is 3.93. The summed E-state index contributed by atoms with van der Waals surface area (Å²) in [6.07, 6.45) is 3.07. The van der Waals surface area contributed by atoms with Gasteiger partial charge >= 0.3 is 5.97 Å². The van der Waals surface area contributed by atoms with Crippen molar-refractivity contribution in [1.29, 1.82) is 0 Å². The third-order valence-corrected chi connectivity index (χ3v) is 2.50. The van der Waals surface area contributed by atoms with E-state index in [2.05, 4.69) is 15.3 Å². The highest BCUT2D eigenvalue weighted by atomic mass is 16.5. The van der Waals surface area contributed by atoms with Crippen LogP contribution in [-0.4, -0.2) is 39.8 Å². The van der Waals surface area contributed by atoms with Crippen molar-refractivity contribution < 1.29 is 14.6 Å². The van der Waals surface area contributed by atoms with E-state index in [0.717, 1.165) is 0 Å². The molecular formula is C9H11N3O4. The van der Waals surface area contributed by atoms with Crippen molar-refractivity contribution in [3.63, 3.8) is 0 Å². The minimum absolute atomic E-state index is 0.00426. The monoisotopic (exact) mass is 225 g/mol. The maximum atomic E-state index is 11.4. The number of carbonyl (C=O) groups is 1. The Labute approximate surface area is 90.5 Å². The number of nitrogens with one attached hydrogen (secondary N) is 2. The van der Waals surface area contributed by atoms with Crippen LogP contribution in [0.1, 0.15) is 6.42 Å². The lowest BCUT2D eigenvalue weighted by Crippen LogP contribution is -2.48. The van der Waals surface area contributed by atoms with Crippen LogP contribution < -0.4 is 10.9 Å². The summed E-state index contributed by atoms with van der Waals surface area (Å²) in [6, 6.07) is 0. The molecule has 0 aliphatic carbocycles. The largest absolute Gasteiger partial charge is 0.479 e. The van der Waals surface area contributed by atoms with E-state index in [-0.39, 0.29) is 12.4 Å². The average Bonchev–Trinajstić information content (AvgIpc) is 2.71. The lowest BCUT2D eigenvalue weighted by molar-refractivity contribution is -0.142. The predicted molar refractivity (Wildman–Crippen MR) is 54.3 cm³/mol. The van der Waals surface area contributed by atoms with Crippen LogP contribution in [0.5, 0.6) is 0 Å². The molecule has 1 aromatic heterocycles. The standard InChI is InChI=1S/C9H11N3O4/c13-7-6(10-2-3-11-7)12-9(8(14)15)1-4-16-5-9/h2-3H,1,4-5H2,(H,10,12)(H,11,13)(H,14,15). The number of rotatable bonds is 3. The fourth-order valence-corrected chi connectivity index (χ4v) is 1.55. The fourth-order valence-electron chi connectivity index (χ4n) is 1.55. The number of H-pyrrole nitrogens is 1. The van der Waals surface area contributed by atoms with Gasteiger partial charge in [-0.3, -0.25) is 4.79 Å². The molecule has 1 aromatic rings. The van der Waals surface area contributed by atoms with Crippen LogP contribution in [0.2, 0.25) is 0 Å². The number of ether oxygens (including phenoxy) is 1. The van der Waals surface area contributed by atoms with Gasteiger partial charge in [-0.15, -0.1) is 0 Å². The van der Waals surface area contributed by atoms with E-state index in [4.69, 9.17) is 9.84 Å². The zero-order valence-corrected chi connectivity index (χ0v) is 8.40. The highest BCUT2D eigenvalue weighted by molar-refractivity contribution is 5.83. The molecule has 2 rings (SSSR count). The van der Waals surface area contributed by atoms with E-state index in [0.29, 0.717) is 13.0 Å².